The van der Waals surface area contributed by atoms with Crippen molar-refractivity contribution in [2.45, 2.75) is 6.92 Å². The Bertz CT molecular complexity index is 1130. The third-order valence-electron chi connectivity index (χ3n) is 3.61. The Labute approximate surface area is 139 Å². The molecular formula is C15H11N7O3. The third kappa shape index (κ3) is 2.65. The van der Waals surface area contributed by atoms with E-state index in [1.165, 1.54) is 18.3 Å². The molecule has 0 bridgehead atoms. The van der Waals surface area contributed by atoms with Crippen molar-refractivity contribution in [3.63, 3.8) is 0 Å². The third-order valence-corrected chi connectivity index (χ3v) is 3.61. The number of aromatic amines is 1. The van der Waals surface area contributed by atoms with Gasteiger partial charge in [0.15, 0.2) is 11.4 Å². The van der Waals surface area contributed by atoms with Crippen molar-refractivity contribution in [1.82, 2.24) is 20.2 Å². The lowest BCUT2D eigenvalue weighted by Crippen LogP contribution is -1.98. The number of aromatic nitrogens is 4. The summed E-state index contributed by atoms with van der Waals surface area (Å²) in [5, 5.41) is 23.5. The number of aryl methyl sites for hydroxylation is 1. The van der Waals surface area contributed by atoms with Gasteiger partial charge in [0.2, 0.25) is 0 Å². The number of fused-ring (bicyclic) bond motifs is 3. The Morgan fingerprint density at radius 1 is 1.32 bits per heavy atom. The number of H-pyrrole nitrogens is 1. The molecule has 0 amide bonds. The Hall–Kier alpha value is -3.82. The number of furan rings is 1. The molecule has 3 heterocycles. The number of hydrogen-bond acceptors (Lipinski definition) is 8. The number of nitrogens with one attached hydrogen (secondary N) is 2. The molecule has 1 aromatic carbocycles. The van der Waals surface area contributed by atoms with Crippen molar-refractivity contribution in [3.8, 4) is 0 Å². The van der Waals surface area contributed by atoms with Gasteiger partial charge in [0, 0.05) is 5.39 Å². The molecule has 10 nitrogen and oxygen atoms in total. The lowest BCUT2D eigenvalue weighted by atomic mass is 10.1. The second-order valence-corrected chi connectivity index (χ2v) is 5.26. The van der Waals surface area contributed by atoms with Gasteiger partial charge in [0.25, 0.3) is 5.95 Å². The van der Waals surface area contributed by atoms with Crippen LogP contribution in [0, 0.1) is 17.0 Å². The van der Waals surface area contributed by atoms with Crippen LogP contribution < -0.4 is 5.43 Å². The van der Waals surface area contributed by atoms with Crippen molar-refractivity contribution < 1.29 is 9.34 Å². The molecule has 0 unspecified atom stereocenters. The lowest BCUT2D eigenvalue weighted by molar-refractivity contribution is -0.402. The van der Waals surface area contributed by atoms with Gasteiger partial charge in [0.05, 0.1) is 17.8 Å². The number of nitro groups is 1. The Morgan fingerprint density at radius 2 is 2.20 bits per heavy atom. The summed E-state index contributed by atoms with van der Waals surface area (Å²) < 4.78 is 4.96. The maximum absolute atomic E-state index is 10.6. The van der Waals surface area contributed by atoms with Crippen LogP contribution in [-0.4, -0.2) is 31.3 Å². The largest absolute Gasteiger partial charge is 0.433 e. The molecule has 124 valence electrons. The molecule has 0 atom stereocenters. The van der Waals surface area contributed by atoms with Gasteiger partial charge in [-0.25, -0.2) is 5.43 Å². The predicted molar refractivity (Wildman–Crippen MR) is 90.5 cm³/mol. The molecule has 0 radical (unpaired) electrons. The van der Waals surface area contributed by atoms with Crippen LogP contribution in [-0.2, 0) is 0 Å². The highest BCUT2D eigenvalue weighted by Crippen LogP contribution is 2.24. The topological polar surface area (TPSA) is 135 Å². The molecule has 2 N–H and O–H groups in total. The van der Waals surface area contributed by atoms with Crippen molar-refractivity contribution in [3.05, 3.63) is 51.8 Å². The average Bonchev–Trinajstić information content (AvgIpc) is 3.20. The molecule has 0 aliphatic carbocycles. The fourth-order valence-electron chi connectivity index (χ4n) is 2.45. The summed E-state index contributed by atoms with van der Waals surface area (Å²) >= 11 is 0. The molecule has 4 aromatic rings. The van der Waals surface area contributed by atoms with E-state index in [9.17, 15) is 10.1 Å². The Morgan fingerprint density at radius 3 is 3.00 bits per heavy atom. The smallest absolute Gasteiger partial charge is 0.400 e. The second-order valence-electron chi connectivity index (χ2n) is 5.26. The summed E-state index contributed by atoms with van der Waals surface area (Å²) in [6, 6.07) is 8.58. The minimum Gasteiger partial charge on any atom is -0.400 e. The fourth-order valence-corrected chi connectivity index (χ4v) is 2.45. The molecule has 0 saturated heterocycles. The van der Waals surface area contributed by atoms with Gasteiger partial charge in [-0.1, -0.05) is 18.2 Å². The summed E-state index contributed by atoms with van der Waals surface area (Å²) in [6.45, 7) is 2.00. The number of nitrogens with zero attached hydrogens (tertiary/aromatic N) is 5. The van der Waals surface area contributed by atoms with Crippen LogP contribution in [0.25, 0.3) is 22.1 Å². The molecule has 3 aromatic heterocycles. The van der Waals surface area contributed by atoms with Crippen molar-refractivity contribution in [1.29, 1.82) is 0 Å². The molecule has 0 fully saturated rings. The van der Waals surface area contributed by atoms with E-state index < -0.39 is 4.92 Å². The molecular weight excluding hydrogens is 326 g/mol. The number of para-hydroxylation sites is 1. The minimum absolute atomic E-state index is 0.189. The predicted octanol–water partition coefficient (Wildman–Crippen LogP) is 2.76. The number of anilines is 1. The van der Waals surface area contributed by atoms with Gasteiger partial charge in [-0.2, -0.15) is 10.1 Å². The number of hydrazone groups is 1. The van der Waals surface area contributed by atoms with E-state index in [0.717, 1.165) is 16.5 Å². The highest BCUT2D eigenvalue weighted by Gasteiger charge is 2.11. The SMILES string of the molecule is Cc1cccc2c1[nH]c1nc(NN=Cc3ccc([N+](=O)[O-])o3)nnc12. The monoisotopic (exact) mass is 337 g/mol. The summed E-state index contributed by atoms with van der Waals surface area (Å²) in [5.41, 5.74) is 5.93. The van der Waals surface area contributed by atoms with E-state index in [1.807, 2.05) is 25.1 Å². The van der Waals surface area contributed by atoms with E-state index in [-0.39, 0.29) is 17.6 Å². The first-order chi connectivity index (χ1) is 12.1. The zero-order valence-electron chi connectivity index (χ0n) is 12.9. The van der Waals surface area contributed by atoms with Crippen LogP contribution in [0.4, 0.5) is 11.8 Å². The quantitative estimate of drug-likeness (QED) is 0.332. The summed E-state index contributed by atoms with van der Waals surface area (Å²) in [7, 11) is 0. The number of hydrogen-bond donors (Lipinski definition) is 2. The van der Waals surface area contributed by atoms with E-state index in [2.05, 4.69) is 30.7 Å². The number of rotatable bonds is 4. The van der Waals surface area contributed by atoms with Gasteiger partial charge < -0.3 is 9.40 Å². The number of benzene rings is 1. The van der Waals surface area contributed by atoms with Crippen LogP contribution in [0.2, 0.25) is 0 Å². The van der Waals surface area contributed by atoms with Gasteiger partial charge in [-0.3, -0.25) is 10.1 Å². The van der Waals surface area contributed by atoms with E-state index >= 15 is 0 Å². The van der Waals surface area contributed by atoms with Crippen LogP contribution in [0.3, 0.4) is 0 Å². The minimum atomic E-state index is -0.621. The van der Waals surface area contributed by atoms with E-state index in [1.54, 1.807) is 0 Å². The summed E-state index contributed by atoms with van der Waals surface area (Å²) in [5.74, 6) is 0.0673. The molecule has 0 aliphatic rings. The van der Waals surface area contributed by atoms with Gasteiger partial charge in [0.1, 0.15) is 10.4 Å². The first-order valence-corrected chi connectivity index (χ1v) is 7.27. The molecule has 0 aliphatic heterocycles. The second kappa shape index (κ2) is 5.67. The summed E-state index contributed by atoms with van der Waals surface area (Å²) in [4.78, 5) is 17.5. The van der Waals surface area contributed by atoms with Gasteiger partial charge in [-0.05, 0) is 18.6 Å². The maximum Gasteiger partial charge on any atom is 0.433 e. The summed E-state index contributed by atoms with van der Waals surface area (Å²) in [6.07, 6.45) is 1.29. The maximum atomic E-state index is 10.6. The Kier molecular flexibility index (Phi) is 3.35. The first kappa shape index (κ1) is 14.8. The highest BCUT2D eigenvalue weighted by atomic mass is 16.6. The average molecular weight is 337 g/mol. The molecule has 25 heavy (non-hydrogen) atoms. The van der Waals surface area contributed by atoms with Gasteiger partial charge >= 0.3 is 5.88 Å². The zero-order valence-corrected chi connectivity index (χ0v) is 12.9. The van der Waals surface area contributed by atoms with Crippen LogP contribution in [0.5, 0.6) is 0 Å². The molecule has 4 rings (SSSR count). The Balaban J connectivity index is 1.59. The zero-order chi connectivity index (χ0) is 17.4. The van der Waals surface area contributed by atoms with Crippen molar-refractivity contribution in [2.75, 3.05) is 5.43 Å². The first-order valence-electron chi connectivity index (χ1n) is 7.27. The fraction of sp³-hybridized carbons (Fsp3) is 0.0667. The molecule has 10 heteroatoms. The van der Waals surface area contributed by atoms with E-state index in [4.69, 9.17) is 4.42 Å². The van der Waals surface area contributed by atoms with Gasteiger partial charge in [-0.15, -0.1) is 10.2 Å². The van der Waals surface area contributed by atoms with Crippen LogP contribution >= 0.6 is 0 Å². The highest BCUT2D eigenvalue weighted by molar-refractivity contribution is 6.04. The lowest BCUT2D eigenvalue weighted by Gasteiger charge is -1.96. The molecule has 0 saturated carbocycles. The van der Waals surface area contributed by atoms with Crippen molar-refractivity contribution >= 4 is 40.1 Å². The van der Waals surface area contributed by atoms with Crippen molar-refractivity contribution in [2.24, 2.45) is 5.10 Å². The standard InChI is InChI=1S/C15H11N7O3/c1-8-3-2-4-10-12(8)17-14-13(10)19-21-15(18-14)20-16-7-9-5-6-11(25-9)22(23)24/h2-7H,1H3,(H2,17,18,20,21). The van der Waals surface area contributed by atoms with Crippen LogP contribution in [0.15, 0.2) is 39.9 Å². The molecule has 0 spiro atoms. The normalized spacial score (nSPS) is 11.6. The van der Waals surface area contributed by atoms with Crippen LogP contribution in [0.1, 0.15) is 11.3 Å². The van der Waals surface area contributed by atoms with E-state index in [0.29, 0.717) is 11.2 Å².